The molecule has 3 saturated heterocycles. The number of methoxy groups -OCH3 is 4. The van der Waals surface area contributed by atoms with E-state index >= 15 is 0 Å². The Bertz CT molecular complexity index is 4310. The second kappa shape index (κ2) is 62.5. The number of Topliss-reactive ketones (excluding diaryl/α,β-unsaturated/α-hetero) is 3. The van der Waals surface area contributed by atoms with E-state index in [1.807, 2.05) is 84.1 Å². The number of hydrogen-bond acceptors (Lipinski definition) is 27. The summed E-state index contributed by atoms with van der Waals surface area (Å²) in [5.41, 5.74) is 2.75. The van der Waals surface area contributed by atoms with Gasteiger partial charge in [-0.25, -0.2) is 14.4 Å². The number of cyclic esters (lactones) is 4. The molecule has 7 heterocycles. The summed E-state index contributed by atoms with van der Waals surface area (Å²) >= 11 is 0. The molecule has 30 nitrogen and oxygen atoms in total. The molecule has 1 saturated carbocycles. The lowest BCUT2D eigenvalue weighted by Crippen LogP contribution is -2.40. The van der Waals surface area contributed by atoms with Gasteiger partial charge in [-0.05, 0) is 157 Å². The Balaban J connectivity index is 0.000000323. The summed E-state index contributed by atoms with van der Waals surface area (Å²) in [7, 11) is 6.18. The van der Waals surface area contributed by atoms with Crippen molar-refractivity contribution in [2.75, 3.05) is 28.4 Å². The van der Waals surface area contributed by atoms with E-state index in [2.05, 4.69) is 16.0 Å². The number of imide groups is 3. The number of nitrogens with one attached hydrogen (secondary N) is 3. The van der Waals surface area contributed by atoms with Crippen LogP contribution in [0.1, 0.15) is 263 Å². The second-order valence-electron chi connectivity index (χ2n) is 38.2. The molecule has 4 unspecified atom stereocenters. The van der Waals surface area contributed by atoms with Crippen LogP contribution in [0, 0.1) is 71.0 Å². The van der Waals surface area contributed by atoms with Crippen LogP contribution in [0.2, 0.25) is 0 Å². The average Bonchev–Trinajstić information content (AvgIpc) is 0.847. The number of esters is 4. The van der Waals surface area contributed by atoms with Crippen LogP contribution < -0.4 is 16.0 Å². The first-order chi connectivity index (χ1) is 65.1. The van der Waals surface area contributed by atoms with Gasteiger partial charge in [0.1, 0.15) is 66.2 Å². The monoisotopic (exact) mass is 1920 g/mol. The highest BCUT2D eigenvalue weighted by Crippen LogP contribution is 2.34. The van der Waals surface area contributed by atoms with Crippen molar-refractivity contribution < 1.29 is 131 Å². The molecule has 137 heavy (non-hydrogen) atoms. The standard InChI is InChI=1S/C28H44O5.C27H39NO8.C27H37NO7.C25H37NO7/c1-20-19-21(2)28(22(3)24(29)16-12-15-23-13-8-7-9-14-23)33-26(30)18-11-6-5-10-17-25(32-4)27(20)31;1-16-11-17(2)27(36-25(33)10-8-6-5-7-9-22(35-4)26(16)34)18(3)21(30)15-20(29)12-19-13-23(31)28-24(32)14-19;1-17-14-18(2)27(35-25(32)13-8-6-5-7-12-22(34-4)26(17)33)19(3)21(29)11-9-10-20-15-23(30)28-24(31)16-20;1-15-12-16(2)25(33-23(30)11-6-5-10-20(32-4)24(15)31)17(3)19(27)9-7-8-18-13-21(28)26-22(29)14-18/h10-11,17-20,22-23,25,27-28,31H,5-9,12-16H2,1-4H3;7-11,16,18-20,22,26-27,29,34H,5-6,12-15H2,1-4H3,(H,28,31,32);7-9,11-14,17,19-20,22,26-27,33H,5-6,10,15-16H2,1-4H3,(H,28,30,31);5,10,12,15,17-18,20,24-25,31H,6-9,11,13-14H2,1-4H3,(H,26,28,29)/b17-10+,18-11+,21-19-;9-7+,10-8+,17-11-;11-9+,12-7+,13-8+,18-14-;10-5+,16-12-/t20-,22-,25+,27+,28?;16-,18-,20-,22+,26+,27?;17-,19-,22+,26+,27?;15-,17-,20+,24+,25?/m1111/s1. The van der Waals surface area contributed by atoms with Gasteiger partial charge in [0.05, 0.1) is 54.2 Å². The number of ketones is 4. The molecule has 0 bridgehead atoms. The molecule has 762 valence electrons. The van der Waals surface area contributed by atoms with Crippen molar-refractivity contribution in [2.45, 2.75) is 342 Å². The van der Waals surface area contributed by atoms with E-state index in [1.54, 1.807) is 103 Å². The molecule has 0 radical (unpaired) electrons. The van der Waals surface area contributed by atoms with Gasteiger partial charge in [-0.2, -0.15) is 0 Å². The van der Waals surface area contributed by atoms with Crippen LogP contribution in [-0.2, 0) is 105 Å². The number of hydrogen-bond donors (Lipinski definition) is 8. The van der Waals surface area contributed by atoms with Gasteiger partial charge in [0.15, 0.2) is 5.78 Å². The fourth-order valence-corrected chi connectivity index (χ4v) is 18.5. The fraction of sp³-hybridized carbons (Fsp3) is 0.645. The Morgan fingerprint density at radius 3 is 1.07 bits per heavy atom. The zero-order chi connectivity index (χ0) is 102. The Labute approximate surface area is 810 Å². The summed E-state index contributed by atoms with van der Waals surface area (Å²) in [5.74, 6) is -7.66. The first-order valence-electron chi connectivity index (χ1n) is 49.1. The summed E-state index contributed by atoms with van der Waals surface area (Å²) in [6, 6.07) is 0. The first kappa shape index (κ1) is 118. The number of amides is 6. The lowest BCUT2D eigenvalue weighted by Gasteiger charge is -2.28. The van der Waals surface area contributed by atoms with Crippen LogP contribution in [0.3, 0.4) is 0 Å². The SMILES string of the molecule is CO[C@H]1/C=C/CC/C=C/C(=O)OC([C@H](C)C(=O)/C=C/CC2CC(=O)NC(=O)C2)/C(C)=C\[C@@H](C)[C@@H]1O.CO[C@H]1/C=C/CC/C=C/C(=O)OC([C@H](C)C(=O)CCCC2CCCCC2)/C(C)=C\[C@@H](C)[C@@H]1O.CO[C@H]1/C=C/CC/C=C/C(=O)OC([C@H](C)C(=O)C[C@H](O)CC2CC(=O)NC(=O)C2)/C(C)=C\[C@@H](C)[C@@H]1O.CO[C@H]1/C=C/CCC(=O)OC([C@H](C)C(=O)CCCC2CC(=O)NC(=O)C2)/C(C)=C\[C@@H](C)[C@@H]1O. The van der Waals surface area contributed by atoms with Gasteiger partial charge in [0.25, 0.3) is 0 Å². The minimum Gasteiger partial charge on any atom is -0.457 e. The zero-order valence-electron chi connectivity index (χ0n) is 83.5. The quantitative estimate of drug-likeness (QED) is 0.0124. The Kier molecular flexibility index (Phi) is 53.9. The van der Waals surface area contributed by atoms with Gasteiger partial charge in [0, 0.05) is 135 Å². The van der Waals surface area contributed by atoms with Crippen LogP contribution in [0.15, 0.2) is 144 Å². The van der Waals surface area contributed by atoms with Gasteiger partial charge in [0.2, 0.25) is 35.4 Å². The summed E-state index contributed by atoms with van der Waals surface area (Å²) in [6.07, 6.45) is 42.2. The predicted octanol–water partition coefficient (Wildman–Crippen LogP) is 13.5. The lowest BCUT2D eigenvalue weighted by atomic mass is 9.84. The van der Waals surface area contributed by atoms with E-state index in [0.29, 0.717) is 93.8 Å². The number of aliphatic hydroxyl groups excluding tert-OH is 5. The van der Waals surface area contributed by atoms with Crippen molar-refractivity contribution in [3.05, 3.63) is 144 Å². The molecule has 6 amide bonds. The largest absolute Gasteiger partial charge is 0.457 e. The molecule has 0 aromatic rings. The summed E-state index contributed by atoms with van der Waals surface area (Å²) < 4.78 is 44.5. The third-order valence-corrected chi connectivity index (χ3v) is 26.6. The molecule has 8 aliphatic rings. The number of ether oxygens (including phenoxy) is 8. The molecular weight excluding hydrogens is 1760 g/mol. The van der Waals surface area contributed by atoms with E-state index < -0.39 is 121 Å². The molecule has 0 aromatic carbocycles. The van der Waals surface area contributed by atoms with Crippen molar-refractivity contribution in [1.29, 1.82) is 0 Å². The number of allylic oxidation sites excluding steroid dienone is 9. The third kappa shape index (κ3) is 42.6. The minimum absolute atomic E-state index is 0.0397. The Morgan fingerprint density at radius 2 is 0.708 bits per heavy atom. The Morgan fingerprint density at radius 1 is 0.401 bits per heavy atom. The van der Waals surface area contributed by atoms with E-state index in [1.165, 1.54) is 77.7 Å². The van der Waals surface area contributed by atoms with Crippen LogP contribution in [-0.4, -0.2) is 216 Å². The molecular formula is C107H157N3O27. The lowest BCUT2D eigenvalue weighted by molar-refractivity contribution is -0.151. The second-order valence-corrected chi connectivity index (χ2v) is 38.2. The summed E-state index contributed by atoms with van der Waals surface area (Å²) in [4.78, 5) is 171. The molecule has 21 atom stereocenters. The van der Waals surface area contributed by atoms with Gasteiger partial charge in [-0.15, -0.1) is 0 Å². The molecule has 0 spiro atoms. The van der Waals surface area contributed by atoms with Crippen molar-refractivity contribution in [3.63, 3.8) is 0 Å². The topological polar surface area (TPSA) is 450 Å². The molecule has 4 fully saturated rings. The van der Waals surface area contributed by atoms with Gasteiger partial charge < -0.3 is 63.4 Å². The van der Waals surface area contributed by atoms with Crippen molar-refractivity contribution >= 4 is 82.5 Å². The number of aliphatic hydroxyl groups is 5. The smallest absolute Gasteiger partial charge is 0.331 e. The molecule has 8 rings (SSSR count). The van der Waals surface area contributed by atoms with Gasteiger partial charge in [-0.3, -0.25) is 68.7 Å². The number of carbonyl (C=O) groups is 14. The number of carbonyl (C=O) groups excluding carboxylic acids is 14. The number of rotatable bonds is 27. The van der Waals surface area contributed by atoms with Crippen molar-refractivity contribution in [3.8, 4) is 0 Å². The van der Waals surface area contributed by atoms with Crippen LogP contribution in [0.25, 0.3) is 0 Å². The zero-order valence-corrected chi connectivity index (χ0v) is 83.5. The first-order valence-corrected chi connectivity index (χ1v) is 49.1. The van der Waals surface area contributed by atoms with Crippen LogP contribution in [0.4, 0.5) is 0 Å². The maximum atomic E-state index is 13.1. The fourth-order valence-electron chi connectivity index (χ4n) is 18.5. The Hall–Kier alpha value is -9.50. The average molecular weight is 1920 g/mol. The van der Waals surface area contributed by atoms with Crippen molar-refractivity contribution in [1.82, 2.24) is 16.0 Å². The molecule has 1 aliphatic carbocycles. The van der Waals surface area contributed by atoms with E-state index in [4.69, 9.17) is 37.9 Å². The minimum atomic E-state index is -1.03. The van der Waals surface area contributed by atoms with Crippen LogP contribution in [0.5, 0.6) is 0 Å². The number of piperidine rings is 3. The molecule has 30 heteroatoms. The maximum Gasteiger partial charge on any atom is 0.331 e. The highest BCUT2D eigenvalue weighted by Gasteiger charge is 2.38. The van der Waals surface area contributed by atoms with E-state index in [0.717, 1.165) is 30.8 Å². The molecule has 7 aliphatic heterocycles. The molecule has 8 N–H and O–H groups in total. The van der Waals surface area contributed by atoms with Crippen LogP contribution >= 0.6 is 0 Å². The van der Waals surface area contributed by atoms with Crippen molar-refractivity contribution in [2.24, 2.45) is 71.0 Å². The predicted molar refractivity (Wildman–Crippen MR) is 517 cm³/mol. The maximum absolute atomic E-state index is 13.1. The highest BCUT2D eigenvalue weighted by molar-refractivity contribution is 5.99. The van der Waals surface area contributed by atoms with E-state index in [-0.39, 0.29) is 157 Å². The van der Waals surface area contributed by atoms with E-state index in [9.17, 15) is 92.7 Å². The highest BCUT2D eigenvalue weighted by atomic mass is 16.6. The third-order valence-electron chi connectivity index (χ3n) is 26.6. The van der Waals surface area contributed by atoms with Gasteiger partial charge >= 0.3 is 23.9 Å². The molecule has 0 aromatic heterocycles. The van der Waals surface area contributed by atoms with Gasteiger partial charge in [-0.1, -0.05) is 191 Å². The summed E-state index contributed by atoms with van der Waals surface area (Å²) in [6.45, 7) is 21.5. The normalized spacial score (nSPS) is 31.8. The summed E-state index contributed by atoms with van der Waals surface area (Å²) in [5, 5.41) is 60.2.